The third-order valence-electron chi connectivity index (χ3n) is 7.48. The molecule has 0 spiro atoms. The molecule has 0 aromatic heterocycles. The molecule has 164 valence electrons. The van der Waals surface area contributed by atoms with Crippen molar-refractivity contribution in [2.24, 2.45) is 11.8 Å². The number of nitrogens with zero attached hydrogens (tertiary/aromatic N) is 2. The summed E-state index contributed by atoms with van der Waals surface area (Å²) in [4.78, 5) is 17.5. The predicted octanol–water partition coefficient (Wildman–Crippen LogP) is 3.94. The average molecular weight is 420 g/mol. The Morgan fingerprint density at radius 2 is 1.77 bits per heavy atom. The van der Waals surface area contributed by atoms with E-state index < -0.39 is 0 Å². The van der Waals surface area contributed by atoms with Crippen molar-refractivity contribution in [2.75, 3.05) is 38.2 Å². The molecule has 2 aromatic carbocycles. The van der Waals surface area contributed by atoms with Crippen molar-refractivity contribution in [1.82, 2.24) is 10.2 Å². The van der Waals surface area contributed by atoms with E-state index in [0.29, 0.717) is 12.0 Å². The minimum Gasteiger partial charge on any atom is -0.495 e. The maximum Gasteiger partial charge on any atom is 0.251 e. The molecule has 2 aromatic rings. The van der Waals surface area contributed by atoms with Crippen LogP contribution in [0.4, 0.5) is 5.69 Å². The van der Waals surface area contributed by atoms with Gasteiger partial charge in [-0.3, -0.25) is 9.69 Å². The van der Waals surface area contributed by atoms with E-state index in [2.05, 4.69) is 39.4 Å². The second-order valence-electron chi connectivity index (χ2n) is 9.39. The van der Waals surface area contributed by atoms with Gasteiger partial charge in [0.05, 0.1) is 12.8 Å². The van der Waals surface area contributed by atoms with Gasteiger partial charge < -0.3 is 15.0 Å². The van der Waals surface area contributed by atoms with Gasteiger partial charge in [-0.2, -0.15) is 0 Å². The van der Waals surface area contributed by atoms with Crippen LogP contribution in [0.5, 0.6) is 5.75 Å². The minimum absolute atomic E-state index is 0.0922. The molecule has 5 rings (SSSR count). The van der Waals surface area contributed by atoms with E-state index in [0.717, 1.165) is 50.0 Å². The molecule has 0 unspecified atom stereocenters. The van der Waals surface area contributed by atoms with Crippen LogP contribution < -0.4 is 15.0 Å². The van der Waals surface area contributed by atoms with Gasteiger partial charge >= 0.3 is 0 Å². The second kappa shape index (κ2) is 8.91. The summed E-state index contributed by atoms with van der Waals surface area (Å²) in [5, 5.41) is 3.29. The number of hydrogen-bond donors (Lipinski definition) is 1. The number of methoxy groups -OCH3 is 1. The number of anilines is 1. The number of ether oxygens (including phenoxy) is 1. The molecule has 3 aliphatic rings. The highest BCUT2D eigenvalue weighted by Crippen LogP contribution is 2.44. The molecular weight excluding hydrogens is 386 g/mol. The summed E-state index contributed by atoms with van der Waals surface area (Å²) in [7, 11) is 1.73. The van der Waals surface area contributed by atoms with Gasteiger partial charge in [-0.05, 0) is 60.9 Å². The van der Waals surface area contributed by atoms with E-state index in [1.54, 1.807) is 7.11 Å². The van der Waals surface area contributed by atoms with Crippen molar-refractivity contribution in [2.45, 2.75) is 38.3 Å². The molecule has 1 aliphatic heterocycles. The number of fused-ring (bicyclic) bond motifs is 2. The number of benzene rings is 2. The molecule has 3 fully saturated rings. The highest BCUT2D eigenvalue weighted by Gasteiger charge is 2.40. The number of carbonyl (C=O) groups excluding carboxylic acids is 1. The van der Waals surface area contributed by atoms with Crippen LogP contribution in [0.3, 0.4) is 0 Å². The highest BCUT2D eigenvalue weighted by molar-refractivity contribution is 5.94. The van der Waals surface area contributed by atoms with Crippen LogP contribution in [0.1, 0.15) is 41.6 Å². The van der Waals surface area contributed by atoms with E-state index in [-0.39, 0.29) is 5.91 Å². The zero-order valence-electron chi connectivity index (χ0n) is 18.4. The Morgan fingerprint density at radius 3 is 2.45 bits per heavy atom. The van der Waals surface area contributed by atoms with Crippen LogP contribution in [0, 0.1) is 11.8 Å². The lowest BCUT2D eigenvalue weighted by molar-refractivity contribution is 0.0923. The SMILES string of the molecule is COc1ccccc1N1CCN(Cc2ccc(C(=O)N[C@H]3C[C@@H]4CC[C@@H]3C4)cc2)CC1. The number of carbonyl (C=O) groups is 1. The van der Waals surface area contributed by atoms with E-state index >= 15 is 0 Å². The largest absolute Gasteiger partial charge is 0.495 e. The number of para-hydroxylation sites is 2. The van der Waals surface area contributed by atoms with Crippen molar-refractivity contribution < 1.29 is 9.53 Å². The molecule has 3 atom stereocenters. The molecule has 1 heterocycles. The first-order valence-electron chi connectivity index (χ1n) is 11.7. The zero-order chi connectivity index (χ0) is 21.2. The lowest BCUT2D eigenvalue weighted by Gasteiger charge is -2.36. The van der Waals surface area contributed by atoms with Crippen molar-refractivity contribution >= 4 is 11.6 Å². The van der Waals surface area contributed by atoms with Gasteiger partial charge in [0, 0.05) is 44.3 Å². The highest BCUT2D eigenvalue weighted by atomic mass is 16.5. The first kappa shape index (κ1) is 20.4. The first-order chi connectivity index (χ1) is 15.2. The minimum atomic E-state index is 0.0922. The van der Waals surface area contributed by atoms with Gasteiger partial charge in [-0.15, -0.1) is 0 Å². The number of amides is 1. The van der Waals surface area contributed by atoms with Crippen molar-refractivity contribution in [3.63, 3.8) is 0 Å². The Morgan fingerprint density at radius 1 is 1.00 bits per heavy atom. The summed E-state index contributed by atoms with van der Waals surface area (Å²) in [5.74, 6) is 2.59. The first-order valence-corrected chi connectivity index (χ1v) is 11.7. The quantitative estimate of drug-likeness (QED) is 0.770. The molecule has 2 bridgehead atoms. The zero-order valence-corrected chi connectivity index (χ0v) is 18.4. The van der Waals surface area contributed by atoms with Crippen molar-refractivity contribution in [1.29, 1.82) is 0 Å². The number of hydrogen-bond acceptors (Lipinski definition) is 4. The maximum atomic E-state index is 12.7. The van der Waals surface area contributed by atoms with Crippen LogP contribution in [-0.2, 0) is 6.54 Å². The molecule has 2 aliphatic carbocycles. The maximum absolute atomic E-state index is 12.7. The summed E-state index contributed by atoms with van der Waals surface area (Å²) < 4.78 is 5.52. The molecule has 1 amide bonds. The van der Waals surface area contributed by atoms with Gasteiger partial charge in [-0.25, -0.2) is 0 Å². The Balaban J connectivity index is 1.12. The lowest BCUT2D eigenvalue weighted by atomic mass is 9.95. The van der Waals surface area contributed by atoms with Crippen LogP contribution in [-0.4, -0.2) is 50.1 Å². The van der Waals surface area contributed by atoms with Crippen molar-refractivity contribution in [3.8, 4) is 5.75 Å². The number of nitrogens with one attached hydrogen (secondary N) is 1. The van der Waals surface area contributed by atoms with Crippen LogP contribution in [0.15, 0.2) is 48.5 Å². The van der Waals surface area contributed by atoms with Gasteiger partial charge in [0.2, 0.25) is 0 Å². The van der Waals surface area contributed by atoms with Gasteiger partial charge in [0.25, 0.3) is 5.91 Å². The molecular formula is C26H33N3O2. The van der Waals surface area contributed by atoms with E-state index in [1.165, 1.54) is 36.9 Å². The lowest BCUT2D eigenvalue weighted by Crippen LogP contribution is -2.46. The average Bonchev–Trinajstić information content (AvgIpc) is 3.43. The fraction of sp³-hybridized carbons (Fsp3) is 0.500. The monoisotopic (exact) mass is 419 g/mol. The van der Waals surface area contributed by atoms with E-state index in [9.17, 15) is 4.79 Å². The molecule has 31 heavy (non-hydrogen) atoms. The van der Waals surface area contributed by atoms with Gasteiger partial charge in [-0.1, -0.05) is 30.7 Å². The smallest absolute Gasteiger partial charge is 0.251 e. The Labute approximate surface area is 185 Å². The number of piperazine rings is 1. The summed E-state index contributed by atoms with van der Waals surface area (Å²) in [6.07, 6.45) is 5.14. The Kier molecular flexibility index (Phi) is 5.86. The summed E-state index contributed by atoms with van der Waals surface area (Å²) in [5.41, 5.74) is 3.23. The van der Waals surface area contributed by atoms with E-state index in [4.69, 9.17) is 4.74 Å². The Bertz CT molecular complexity index is 905. The normalized spacial score (nSPS) is 25.6. The molecule has 5 heteroatoms. The van der Waals surface area contributed by atoms with Gasteiger partial charge in [0.1, 0.15) is 5.75 Å². The fourth-order valence-corrected chi connectivity index (χ4v) is 5.73. The Hall–Kier alpha value is -2.53. The standard InChI is InChI=1S/C26H33N3O2/c1-31-25-5-3-2-4-24(25)29-14-12-28(13-15-29)18-19-6-9-21(10-7-19)26(30)27-23-17-20-8-11-22(23)16-20/h2-7,9-10,20,22-23H,8,11-18H2,1H3,(H,27,30)/t20-,22-,23+/m1/s1. The molecule has 2 saturated carbocycles. The summed E-state index contributed by atoms with van der Waals surface area (Å²) in [6, 6.07) is 16.8. The van der Waals surface area contributed by atoms with Crippen molar-refractivity contribution in [3.05, 3.63) is 59.7 Å². The van der Waals surface area contributed by atoms with Crippen LogP contribution in [0.2, 0.25) is 0 Å². The van der Waals surface area contributed by atoms with Crippen LogP contribution in [0.25, 0.3) is 0 Å². The molecule has 0 radical (unpaired) electrons. The van der Waals surface area contributed by atoms with E-state index in [1.807, 2.05) is 24.3 Å². The van der Waals surface area contributed by atoms with Gasteiger partial charge in [0.15, 0.2) is 0 Å². The predicted molar refractivity (Wildman–Crippen MR) is 124 cm³/mol. The second-order valence-corrected chi connectivity index (χ2v) is 9.39. The molecule has 1 saturated heterocycles. The summed E-state index contributed by atoms with van der Waals surface area (Å²) >= 11 is 0. The topological polar surface area (TPSA) is 44.8 Å². The fourth-order valence-electron chi connectivity index (χ4n) is 5.73. The molecule has 1 N–H and O–H groups in total. The third kappa shape index (κ3) is 4.42. The summed E-state index contributed by atoms with van der Waals surface area (Å²) in [6.45, 7) is 4.94. The van der Waals surface area contributed by atoms with Crippen LogP contribution >= 0.6 is 0 Å². The molecule has 5 nitrogen and oxygen atoms in total. The number of rotatable bonds is 6. The third-order valence-corrected chi connectivity index (χ3v) is 7.48.